The van der Waals surface area contributed by atoms with E-state index in [1.54, 1.807) is 0 Å². The van der Waals surface area contributed by atoms with Crippen LogP contribution in [0.3, 0.4) is 0 Å². The molecule has 0 aliphatic heterocycles. The molecule has 0 aromatic heterocycles. The summed E-state index contributed by atoms with van der Waals surface area (Å²) in [5, 5.41) is 0. The van der Waals surface area contributed by atoms with Crippen LogP contribution in [0.4, 0.5) is 0 Å². The lowest BCUT2D eigenvalue weighted by atomic mass is 10.1. The number of nitrogens with zero attached hydrogens (tertiary/aromatic N) is 1. The van der Waals surface area contributed by atoms with Crippen molar-refractivity contribution in [2.45, 2.75) is 33.2 Å². The first-order valence-electron chi connectivity index (χ1n) is 3.07. The zero-order valence-corrected chi connectivity index (χ0v) is 7.29. The molecule has 2 heteroatoms. The summed E-state index contributed by atoms with van der Waals surface area (Å²) in [6.45, 7) is 8.12. The summed E-state index contributed by atoms with van der Waals surface area (Å²) in [5.74, 6) is 0.539. The van der Waals surface area contributed by atoms with Crippen LogP contribution in [0.15, 0.2) is 4.99 Å². The van der Waals surface area contributed by atoms with Crippen LogP contribution in [-0.2, 0) is 0 Å². The third-order valence-corrected chi connectivity index (χ3v) is 1.11. The van der Waals surface area contributed by atoms with E-state index < -0.39 is 0 Å². The highest BCUT2D eigenvalue weighted by molar-refractivity contribution is 6.28. The summed E-state index contributed by atoms with van der Waals surface area (Å²) in [4.78, 5) is 4.31. The number of hydrogen-bond donors (Lipinski definition) is 0. The molecule has 0 rings (SSSR count). The highest BCUT2D eigenvalue weighted by atomic mass is 35.5. The predicted molar refractivity (Wildman–Crippen MR) is 43.6 cm³/mol. The minimum Gasteiger partial charge on any atom is -0.287 e. The van der Waals surface area contributed by atoms with Crippen molar-refractivity contribution in [2.24, 2.45) is 4.99 Å². The fourth-order valence-electron chi connectivity index (χ4n) is 0.602. The van der Waals surface area contributed by atoms with Crippen LogP contribution >= 0.6 is 11.6 Å². The molecule has 0 aliphatic rings. The van der Waals surface area contributed by atoms with Gasteiger partial charge in [-0.3, -0.25) is 4.99 Å². The summed E-state index contributed by atoms with van der Waals surface area (Å²) in [6.07, 6.45) is 0. The second-order valence-corrected chi connectivity index (χ2v) is 3.42. The molecule has 0 saturated heterocycles. The number of hydrogen-bond acceptors (Lipinski definition) is 1. The van der Waals surface area contributed by atoms with Crippen LogP contribution in [0.5, 0.6) is 0 Å². The zero-order chi connectivity index (χ0) is 7.49. The maximum atomic E-state index is 5.53. The van der Waals surface area contributed by atoms with E-state index in [4.69, 9.17) is 11.6 Å². The van der Waals surface area contributed by atoms with E-state index >= 15 is 0 Å². The summed E-state index contributed by atoms with van der Waals surface area (Å²) >= 11 is 5.53. The Balaban J connectivity index is 3.95. The van der Waals surface area contributed by atoms with Gasteiger partial charge in [0.25, 0.3) is 0 Å². The van der Waals surface area contributed by atoms with Crippen molar-refractivity contribution < 1.29 is 0 Å². The molecular weight excluding hydrogens is 134 g/mol. The van der Waals surface area contributed by atoms with Gasteiger partial charge in [-0.25, -0.2) is 0 Å². The highest BCUT2D eigenvalue weighted by Crippen LogP contribution is 2.06. The van der Waals surface area contributed by atoms with Gasteiger partial charge in [0.2, 0.25) is 0 Å². The average molecular weight is 148 g/mol. The van der Waals surface area contributed by atoms with Gasteiger partial charge >= 0.3 is 0 Å². The maximum absolute atomic E-state index is 5.53. The summed E-state index contributed by atoms with van der Waals surface area (Å²) in [7, 11) is 0. The SMILES string of the molecule is CC(CCl)=NC(C)(C)C. The zero-order valence-electron chi connectivity index (χ0n) is 6.53. The van der Waals surface area contributed by atoms with Crippen molar-refractivity contribution in [2.75, 3.05) is 5.88 Å². The van der Waals surface area contributed by atoms with Crippen molar-refractivity contribution in [3.8, 4) is 0 Å². The lowest BCUT2D eigenvalue weighted by Gasteiger charge is -2.12. The van der Waals surface area contributed by atoms with Crippen molar-refractivity contribution in [3.63, 3.8) is 0 Å². The molecular formula is C7H14ClN. The summed E-state index contributed by atoms with van der Waals surface area (Å²) in [5.41, 5.74) is 1.03. The first kappa shape index (κ1) is 8.96. The Morgan fingerprint density at radius 2 is 1.89 bits per heavy atom. The number of halogens is 1. The molecule has 54 valence electrons. The van der Waals surface area contributed by atoms with Gasteiger partial charge in [0.05, 0.1) is 11.4 Å². The smallest absolute Gasteiger partial charge is 0.0601 e. The third-order valence-electron chi connectivity index (χ3n) is 0.720. The minimum absolute atomic E-state index is 0.0268. The van der Waals surface area contributed by atoms with Crippen LogP contribution in [0, 0.1) is 0 Å². The first-order chi connectivity index (χ1) is 3.95. The Hall–Kier alpha value is -0.0400. The molecule has 0 atom stereocenters. The van der Waals surface area contributed by atoms with E-state index in [0.717, 1.165) is 5.71 Å². The normalized spacial score (nSPS) is 14.1. The van der Waals surface area contributed by atoms with Gasteiger partial charge < -0.3 is 0 Å². The van der Waals surface area contributed by atoms with Crippen LogP contribution in [0.2, 0.25) is 0 Å². The van der Waals surface area contributed by atoms with E-state index in [1.807, 2.05) is 6.92 Å². The molecule has 0 aliphatic carbocycles. The molecule has 0 spiro atoms. The Kier molecular flexibility index (Phi) is 3.20. The summed E-state index contributed by atoms with van der Waals surface area (Å²) in [6, 6.07) is 0. The molecule has 0 N–H and O–H groups in total. The Bertz CT molecular complexity index is 111. The van der Waals surface area contributed by atoms with E-state index in [0.29, 0.717) is 5.88 Å². The van der Waals surface area contributed by atoms with Gasteiger partial charge in [-0.05, 0) is 27.7 Å². The molecule has 0 radical (unpaired) electrons. The fraction of sp³-hybridized carbons (Fsp3) is 0.857. The molecule has 0 aromatic rings. The number of rotatable bonds is 1. The van der Waals surface area contributed by atoms with E-state index in [-0.39, 0.29) is 5.54 Å². The molecule has 0 bridgehead atoms. The standard InChI is InChI=1S/C7H14ClN/c1-6(5-8)9-7(2,3)4/h5H2,1-4H3. The Labute approximate surface area is 62.1 Å². The van der Waals surface area contributed by atoms with Crippen LogP contribution in [0.1, 0.15) is 27.7 Å². The molecule has 0 fully saturated rings. The predicted octanol–water partition coefficient (Wildman–Crippen LogP) is 2.48. The van der Waals surface area contributed by atoms with Gasteiger partial charge in [-0.15, -0.1) is 11.6 Å². The second-order valence-electron chi connectivity index (χ2n) is 3.15. The molecule has 0 heterocycles. The molecule has 1 nitrogen and oxygen atoms in total. The first-order valence-corrected chi connectivity index (χ1v) is 3.60. The van der Waals surface area contributed by atoms with Gasteiger partial charge in [-0.1, -0.05) is 0 Å². The third kappa shape index (κ3) is 5.84. The average Bonchev–Trinajstić information content (AvgIpc) is 1.62. The second kappa shape index (κ2) is 3.21. The van der Waals surface area contributed by atoms with E-state index in [1.165, 1.54) is 0 Å². The van der Waals surface area contributed by atoms with Crippen molar-refractivity contribution in [1.82, 2.24) is 0 Å². The summed E-state index contributed by atoms with van der Waals surface area (Å²) < 4.78 is 0. The van der Waals surface area contributed by atoms with Gasteiger partial charge in [-0.2, -0.15) is 0 Å². The molecule has 0 aromatic carbocycles. The molecule has 0 amide bonds. The lowest BCUT2D eigenvalue weighted by molar-refractivity contribution is 0.583. The topological polar surface area (TPSA) is 12.4 Å². The van der Waals surface area contributed by atoms with Crippen molar-refractivity contribution in [3.05, 3.63) is 0 Å². The fourth-order valence-corrected chi connectivity index (χ4v) is 0.662. The van der Waals surface area contributed by atoms with Crippen LogP contribution in [0.25, 0.3) is 0 Å². The molecule has 0 saturated carbocycles. The molecule has 0 unspecified atom stereocenters. The van der Waals surface area contributed by atoms with Gasteiger partial charge in [0.15, 0.2) is 0 Å². The monoisotopic (exact) mass is 147 g/mol. The minimum atomic E-state index is 0.0268. The molecule has 9 heavy (non-hydrogen) atoms. The van der Waals surface area contributed by atoms with Crippen molar-refractivity contribution >= 4 is 17.3 Å². The lowest BCUT2D eigenvalue weighted by Crippen LogP contribution is -2.13. The van der Waals surface area contributed by atoms with E-state index in [9.17, 15) is 0 Å². The van der Waals surface area contributed by atoms with Crippen molar-refractivity contribution in [1.29, 1.82) is 0 Å². The highest BCUT2D eigenvalue weighted by Gasteiger charge is 2.05. The van der Waals surface area contributed by atoms with E-state index in [2.05, 4.69) is 25.8 Å². The van der Waals surface area contributed by atoms with Gasteiger partial charge in [0, 0.05) is 5.71 Å². The number of aliphatic imine (C=N–C) groups is 1. The quantitative estimate of drug-likeness (QED) is 0.399. The maximum Gasteiger partial charge on any atom is 0.0601 e. The Morgan fingerprint density at radius 1 is 1.44 bits per heavy atom. The van der Waals surface area contributed by atoms with Gasteiger partial charge in [0.1, 0.15) is 0 Å². The Morgan fingerprint density at radius 3 is 2.00 bits per heavy atom. The van der Waals surface area contributed by atoms with Crippen LogP contribution in [-0.4, -0.2) is 17.1 Å². The number of alkyl halides is 1. The largest absolute Gasteiger partial charge is 0.287 e. The van der Waals surface area contributed by atoms with Crippen LogP contribution < -0.4 is 0 Å².